The number of sulfonamides is 1. The lowest BCUT2D eigenvalue weighted by molar-refractivity contribution is -0.122. The lowest BCUT2D eigenvalue weighted by Crippen LogP contribution is -2.35. The Bertz CT molecular complexity index is 957. The van der Waals surface area contributed by atoms with Crippen molar-refractivity contribution in [2.75, 3.05) is 29.0 Å². The maximum Gasteiger partial charge on any atom is 0.265 e. The van der Waals surface area contributed by atoms with Crippen LogP contribution >= 0.6 is 0 Å². The standard InChI is InChI=1S/C20H22N2O5S/c1-3-14-26-16-10-8-15(9-11-16)21-20(23)19-12-13-22(28(2,24)25)17-6-4-5-7-18(17)27-19/h3-11,19H,1,12-14H2,2H3,(H,21,23). The molecule has 1 N–H and O–H groups in total. The maximum absolute atomic E-state index is 12.7. The van der Waals surface area contributed by atoms with Crippen molar-refractivity contribution in [3.05, 3.63) is 61.2 Å². The van der Waals surface area contributed by atoms with Gasteiger partial charge in [0.25, 0.3) is 5.91 Å². The number of anilines is 2. The van der Waals surface area contributed by atoms with Gasteiger partial charge in [-0.05, 0) is 36.4 Å². The van der Waals surface area contributed by atoms with Gasteiger partial charge in [0.15, 0.2) is 6.10 Å². The van der Waals surface area contributed by atoms with Gasteiger partial charge in [0, 0.05) is 18.7 Å². The molecule has 2 aromatic carbocycles. The lowest BCUT2D eigenvalue weighted by Gasteiger charge is -2.20. The molecular formula is C20H22N2O5S. The van der Waals surface area contributed by atoms with Gasteiger partial charge in [-0.15, -0.1) is 0 Å². The molecule has 2 aromatic rings. The van der Waals surface area contributed by atoms with Gasteiger partial charge in [-0.3, -0.25) is 9.10 Å². The Hall–Kier alpha value is -3.00. The summed E-state index contributed by atoms with van der Waals surface area (Å²) in [6.07, 6.45) is 2.20. The number of benzene rings is 2. The maximum atomic E-state index is 12.7. The summed E-state index contributed by atoms with van der Waals surface area (Å²) in [5.41, 5.74) is 1.03. The van der Waals surface area contributed by atoms with E-state index in [0.717, 1.165) is 6.26 Å². The number of ether oxygens (including phenoxy) is 2. The monoisotopic (exact) mass is 402 g/mol. The Morgan fingerprint density at radius 3 is 2.68 bits per heavy atom. The predicted octanol–water partition coefficient (Wildman–Crippen LogP) is 2.81. The van der Waals surface area contributed by atoms with E-state index in [4.69, 9.17) is 9.47 Å². The molecule has 0 saturated heterocycles. The SMILES string of the molecule is C=CCOc1ccc(NC(=O)C2CCN(S(C)(=O)=O)c3ccccc3O2)cc1. The summed E-state index contributed by atoms with van der Waals surface area (Å²) < 4.78 is 36.8. The fraction of sp³-hybridized carbons (Fsp3) is 0.250. The van der Waals surface area contributed by atoms with Crippen LogP contribution in [-0.4, -0.2) is 39.8 Å². The van der Waals surface area contributed by atoms with Crippen LogP contribution in [0, 0.1) is 0 Å². The van der Waals surface area contributed by atoms with E-state index in [2.05, 4.69) is 11.9 Å². The highest BCUT2D eigenvalue weighted by Gasteiger charge is 2.31. The summed E-state index contributed by atoms with van der Waals surface area (Å²) in [6, 6.07) is 13.7. The molecule has 3 rings (SSSR count). The second kappa shape index (κ2) is 8.35. The van der Waals surface area contributed by atoms with Gasteiger partial charge in [-0.25, -0.2) is 8.42 Å². The molecule has 0 aromatic heterocycles. The quantitative estimate of drug-likeness (QED) is 0.751. The third-order valence-electron chi connectivity index (χ3n) is 4.18. The van der Waals surface area contributed by atoms with Crippen molar-refractivity contribution < 1.29 is 22.7 Å². The molecule has 1 heterocycles. The molecule has 0 saturated carbocycles. The molecule has 7 nitrogen and oxygen atoms in total. The van der Waals surface area contributed by atoms with E-state index in [1.807, 2.05) is 0 Å². The zero-order valence-corrected chi connectivity index (χ0v) is 16.3. The smallest absolute Gasteiger partial charge is 0.265 e. The number of amides is 1. The molecule has 1 aliphatic heterocycles. The van der Waals surface area contributed by atoms with Gasteiger partial charge in [-0.2, -0.15) is 0 Å². The van der Waals surface area contributed by atoms with Crippen molar-refractivity contribution >= 4 is 27.3 Å². The highest BCUT2D eigenvalue weighted by atomic mass is 32.2. The number of hydrogen-bond acceptors (Lipinski definition) is 5. The van der Waals surface area contributed by atoms with Crippen LogP contribution in [0.2, 0.25) is 0 Å². The Kier molecular flexibility index (Phi) is 5.89. The summed E-state index contributed by atoms with van der Waals surface area (Å²) in [5.74, 6) is 0.685. The van der Waals surface area contributed by atoms with Crippen LogP contribution in [0.3, 0.4) is 0 Å². The van der Waals surface area contributed by atoms with Crippen molar-refractivity contribution in [3.63, 3.8) is 0 Å². The molecule has 1 aliphatic rings. The topological polar surface area (TPSA) is 84.9 Å². The Morgan fingerprint density at radius 2 is 2.00 bits per heavy atom. The molecule has 0 bridgehead atoms. The van der Waals surface area contributed by atoms with Crippen molar-refractivity contribution in [1.29, 1.82) is 0 Å². The Morgan fingerprint density at radius 1 is 1.29 bits per heavy atom. The predicted molar refractivity (Wildman–Crippen MR) is 108 cm³/mol. The van der Waals surface area contributed by atoms with Crippen LogP contribution in [0.4, 0.5) is 11.4 Å². The number of fused-ring (bicyclic) bond motifs is 1. The second-order valence-electron chi connectivity index (χ2n) is 6.31. The molecule has 0 aliphatic carbocycles. The summed E-state index contributed by atoms with van der Waals surface area (Å²) in [5, 5.41) is 2.80. The van der Waals surface area contributed by atoms with E-state index in [-0.39, 0.29) is 18.9 Å². The number of rotatable bonds is 6. The third kappa shape index (κ3) is 4.64. The van der Waals surface area contributed by atoms with Crippen LogP contribution in [0.15, 0.2) is 61.2 Å². The van der Waals surface area contributed by atoms with E-state index < -0.39 is 16.1 Å². The van der Waals surface area contributed by atoms with Gasteiger partial charge >= 0.3 is 0 Å². The average Bonchev–Trinajstić information content (AvgIpc) is 2.87. The summed E-state index contributed by atoms with van der Waals surface area (Å²) in [7, 11) is -3.48. The van der Waals surface area contributed by atoms with Gasteiger partial charge in [-0.1, -0.05) is 24.8 Å². The minimum Gasteiger partial charge on any atom is -0.490 e. The summed E-state index contributed by atoms with van der Waals surface area (Å²) >= 11 is 0. The molecule has 148 valence electrons. The minimum absolute atomic E-state index is 0.155. The highest BCUT2D eigenvalue weighted by molar-refractivity contribution is 7.92. The number of carbonyl (C=O) groups excluding carboxylic acids is 1. The summed E-state index contributed by atoms with van der Waals surface area (Å²) in [6.45, 7) is 4.15. The van der Waals surface area contributed by atoms with Gasteiger partial charge < -0.3 is 14.8 Å². The molecule has 0 fully saturated rings. The molecule has 1 unspecified atom stereocenters. The first-order valence-electron chi connectivity index (χ1n) is 8.76. The molecule has 0 spiro atoms. The Labute approximate surface area is 164 Å². The highest BCUT2D eigenvalue weighted by Crippen LogP contribution is 2.34. The largest absolute Gasteiger partial charge is 0.490 e. The molecule has 28 heavy (non-hydrogen) atoms. The van der Waals surface area contributed by atoms with Gasteiger partial charge in [0.2, 0.25) is 10.0 Å². The zero-order valence-electron chi connectivity index (χ0n) is 15.5. The molecule has 8 heteroatoms. The van der Waals surface area contributed by atoms with E-state index in [1.165, 1.54) is 4.31 Å². The Balaban J connectivity index is 1.74. The fourth-order valence-corrected chi connectivity index (χ4v) is 3.82. The molecular weight excluding hydrogens is 380 g/mol. The third-order valence-corrected chi connectivity index (χ3v) is 5.36. The van der Waals surface area contributed by atoms with Crippen molar-refractivity contribution in [2.45, 2.75) is 12.5 Å². The molecule has 1 amide bonds. The minimum atomic E-state index is -3.48. The van der Waals surface area contributed by atoms with E-state index in [0.29, 0.717) is 29.5 Å². The van der Waals surface area contributed by atoms with Gasteiger partial charge in [0.1, 0.15) is 18.1 Å². The van der Waals surface area contributed by atoms with Crippen LogP contribution < -0.4 is 19.1 Å². The number of nitrogens with zero attached hydrogens (tertiary/aromatic N) is 1. The molecule has 0 radical (unpaired) electrons. The van der Waals surface area contributed by atoms with Crippen LogP contribution in [-0.2, 0) is 14.8 Å². The number of carbonyl (C=O) groups is 1. The normalized spacial score (nSPS) is 16.3. The first-order valence-corrected chi connectivity index (χ1v) is 10.6. The van der Waals surface area contributed by atoms with Crippen LogP contribution in [0.1, 0.15) is 6.42 Å². The summed E-state index contributed by atoms with van der Waals surface area (Å²) in [4.78, 5) is 12.7. The molecule has 1 atom stereocenters. The van der Waals surface area contributed by atoms with E-state index in [9.17, 15) is 13.2 Å². The number of hydrogen-bond donors (Lipinski definition) is 1. The first kappa shape index (κ1) is 19.8. The first-order chi connectivity index (χ1) is 13.4. The number of nitrogens with one attached hydrogen (secondary N) is 1. The van der Waals surface area contributed by atoms with Crippen molar-refractivity contribution in [1.82, 2.24) is 0 Å². The van der Waals surface area contributed by atoms with Crippen LogP contribution in [0.5, 0.6) is 11.5 Å². The lowest BCUT2D eigenvalue weighted by atomic mass is 10.2. The van der Waals surface area contributed by atoms with Crippen LogP contribution in [0.25, 0.3) is 0 Å². The van der Waals surface area contributed by atoms with E-state index >= 15 is 0 Å². The van der Waals surface area contributed by atoms with Crippen molar-refractivity contribution in [3.8, 4) is 11.5 Å². The number of para-hydroxylation sites is 2. The fourth-order valence-electron chi connectivity index (χ4n) is 2.87. The van der Waals surface area contributed by atoms with Crippen molar-refractivity contribution in [2.24, 2.45) is 0 Å². The zero-order chi connectivity index (χ0) is 20.1. The average molecular weight is 402 g/mol. The van der Waals surface area contributed by atoms with E-state index in [1.54, 1.807) is 54.6 Å². The second-order valence-corrected chi connectivity index (χ2v) is 8.22. The van der Waals surface area contributed by atoms with Gasteiger partial charge in [0.05, 0.1) is 11.9 Å².